The molecule has 0 radical (unpaired) electrons. The highest BCUT2D eigenvalue weighted by molar-refractivity contribution is 6.30. The Morgan fingerprint density at radius 1 is 1.35 bits per heavy atom. The van der Waals surface area contributed by atoms with Gasteiger partial charge in [0.2, 0.25) is 0 Å². The molecular weight excluding hydrogens is 314 g/mol. The number of carbonyl (C=O) groups is 1. The Bertz CT molecular complexity index is 656. The maximum Gasteiger partial charge on any atom is 0.273 e. The van der Waals surface area contributed by atoms with E-state index in [0.717, 1.165) is 37.2 Å². The van der Waals surface area contributed by atoms with Crippen molar-refractivity contribution in [2.45, 2.75) is 26.2 Å². The van der Waals surface area contributed by atoms with Crippen LogP contribution in [0.2, 0.25) is 5.02 Å². The largest absolute Gasteiger partial charge is 0.351 e. The maximum absolute atomic E-state index is 12.3. The lowest BCUT2D eigenvalue weighted by molar-refractivity contribution is 0.0947. The third-order valence-corrected chi connectivity index (χ3v) is 3.64. The number of benzene rings is 1. The van der Waals surface area contributed by atoms with Crippen molar-refractivity contribution >= 4 is 17.5 Å². The summed E-state index contributed by atoms with van der Waals surface area (Å²) in [6.07, 6.45) is 2.49. The molecule has 0 aliphatic heterocycles. The fraction of sp³-hybridized carbons (Fsp3) is 0.438. The lowest BCUT2D eigenvalue weighted by Gasteiger charge is -2.08. The Morgan fingerprint density at radius 3 is 2.87 bits per heavy atom. The van der Waals surface area contributed by atoms with Gasteiger partial charge in [-0.1, -0.05) is 36.2 Å². The molecule has 0 unspecified atom stereocenters. The third-order valence-electron chi connectivity index (χ3n) is 3.41. The molecule has 6 nitrogen and oxygen atoms in total. The van der Waals surface area contributed by atoms with E-state index in [-0.39, 0.29) is 5.91 Å². The number of rotatable bonds is 8. The average molecular weight is 336 g/mol. The molecule has 124 valence electrons. The summed E-state index contributed by atoms with van der Waals surface area (Å²) in [7, 11) is 1.89. The Balaban J connectivity index is 2.22. The van der Waals surface area contributed by atoms with Crippen LogP contribution >= 0.6 is 11.6 Å². The molecule has 2 rings (SSSR count). The molecule has 0 fully saturated rings. The van der Waals surface area contributed by atoms with Crippen molar-refractivity contribution in [2.24, 2.45) is 0 Å². The van der Waals surface area contributed by atoms with Crippen LogP contribution in [0.3, 0.4) is 0 Å². The van der Waals surface area contributed by atoms with Crippen LogP contribution in [0.4, 0.5) is 0 Å². The van der Waals surface area contributed by atoms with Crippen molar-refractivity contribution in [1.82, 2.24) is 25.6 Å². The van der Waals surface area contributed by atoms with Crippen molar-refractivity contribution in [1.29, 1.82) is 0 Å². The van der Waals surface area contributed by atoms with Gasteiger partial charge in [-0.05, 0) is 44.6 Å². The first kappa shape index (κ1) is 17.4. The molecule has 7 heteroatoms. The van der Waals surface area contributed by atoms with Crippen LogP contribution in [0.5, 0.6) is 0 Å². The molecule has 1 amide bonds. The number of amides is 1. The van der Waals surface area contributed by atoms with Gasteiger partial charge < -0.3 is 10.6 Å². The van der Waals surface area contributed by atoms with E-state index in [4.69, 9.17) is 11.6 Å². The number of nitrogens with zero attached hydrogens (tertiary/aromatic N) is 3. The van der Waals surface area contributed by atoms with Crippen molar-refractivity contribution < 1.29 is 4.79 Å². The van der Waals surface area contributed by atoms with E-state index >= 15 is 0 Å². The van der Waals surface area contributed by atoms with Gasteiger partial charge in [-0.25, -0.2) is 4.68 Å². The number of nitrogens with one attached hydrogen (secondary N) is 2. The molecule has 0 saturated heterocycles. The molecule has 23 heavy (non-hydrogen) atoms. The molecular formula is C16H22ClN5O. The van der Waals surface area contributed by atoms with Crippen LogP contribution in [0.25, 0.3) is 5.69 Å². The summed E-state index contributed by atoms with van der Waals surface area (Å²) in [6.45, 7) is 3.52. The van der Waals surface area contributed by atoms with E-state index in [1.807, 2.05) is 25.2 Å². The summed E-state index contributed by atoms with van der Waals surface area (Å²) in [5.74, 6) is -0.183. The summed E-state index contributed by atoms with van der Waals surface area (Å²) in [5, 5.41) is 14.8. The first-order chi connectivity index (χ1) is 11.2. The topological polar surface area (TPSA) is 71.8 Å². The summed E-state index contributed by atoms with van der Waals surface area (Å²) in [4.78, 5) is 12.3. The molecule has 1 aromatic carbocycles. The summed E-state index contributed by atoms with van der Waals surface area (Å²) in [5.41, 5.74) is 2.00. The number of hydrogen-bond donors (Lipinski definition) is 2. The summed E-state index contributed by atoms with van der Waals surface area (Å²) < 4.78 is 1.69. The fourth-order valence-corrected chi connectivity index (χ4v) is 2.49. The Morgan fingerprint density at radius 2 is 2.17 bits per heavy atom. The quantitative estimate of drug-likeness (QED) is 0.725. The summed E-state index contributed by atoms with van der Waals surface area (Å²) >= 11 is 6.04. The smallest absolute Gasteiger partial charge is 0.273 e. The van der Waals surface area contributed by atoms with Crippen molar-refractivity contribution in [3.63, 3.8) is 0 Å². The average Bonchev–Trinajstić information content (AvgIpc) is 2.95. The predicted molar refractivity (Wildman–Crippen MR) is 91.2 cm³/mol. The van der Waals surface area contributed by atoms with Crippen LogP contribution < -0.4 is 10.6 Å². The van der Waals surface area contributed by atoms with Crippen molar-refractivity contribution in [2.75, 3.05) is 20.1 Å². The minimum absolute atomic E-state index is 0.183. The highest BCUT2D eigenvalue weighted by Gasteiger charge is 2.19. The van der Waals surface area contributed by atoms with Gasteiger partial charge in [-0.2, -0.15) is 0 Å². The second kappa shape index (κ2) is 8.64. The number of hydrogen-bond acceptors (Lipinski definition) is 4. The standard InChI is InChI=1S/C16H22ClN5O/c1-3-6-14-15(16(23)19-10-5-9-18-2)20-21-22(14)13-8-4-7-12(17)11-13/h4,7-8,11,18H,3,5-6,9-10H2,1-2H3,(H,19,23). The zero-order chi connectivity index (χ0) is 16.7. The van der Waals surface area contributed by atoms with E-state index in [1.165, 1.54) is 0 Å². The van der Waals surface area contributed by atoms with Crippen LogP contribution in [-0.2, 0) is 6.42 Å². The SMILES string of the molecule is CCCc1c(C(=O)NCCCNC)nnn1-c1cccc(Cl)c1. The molecule has 1 aromatic heterocycles. The van der Waals surface area contributed by atoms with Crippen molar-refractivity contribution in [3.8, 4) is 5.69 Å². The lowest BCUT2D eigenvalue weighted by Crippen LogP contribution is -2.27. The van der Waals surface area contributed by atoms with Gasteiger partial charge in [0.25, 0.3) is 5.91 Å². The van der Waals surface area contributed by atoms with E-state index in [9.17, 15) is 4.79 Å². The molecule has 0 spiro atoms. The van der Waals surface area contributed by atoms with Gasteiger partial charge >= 0.3 is 0 Å². The van der Waals surface area contributed by atoms with Gasteiger partial charge in [0, 0.05) is 11.6 Å². The Hall–Kier alpha value is -1.92. The number of halogens is 1. The lowest BCUT2D eigenvalue weighted by atomic mass is 10.2. The maximum atomic E-state index is 12.3. The minimum atomic E-state index is -0.183. The van der Waals surface area contributed by atoms with E-state index in [0.29, 0.717) is 17.3 Å². The monoisotopic (exact) mass is 335 g/mol. The second-order valence-electron chi connectivity index (χ2n) is 5.24. The highest BCUT2D eigenvalue weighted by Crippen LogP contribution is 2.18. The van der Waals surface area contributed by atoms with Crippen LogP contribution in [-0.4, -0.2) is 41.0 Å². The number of aromatic nitrogens is 3. The molecule has 0 saturated carbocycles. The zero-order valence-electron chi connectivity index (χ0n) is 13.5. The van der Waals surface area contributed by atoms with E-state index in [1.54, 1.807) is 10.7 Å². The van der Waals surface area contributed by atoms with Gasteiger partial charge in [0.1, 0.15) is 0 Å². The molecule has 1 heterocycles. The van der Waals surface area contributed by atoms with Crippen LogP contribution in [0.15, 0.2) is 24.3 Å². The van der Waals surface area contributed by atoms with E-state index in [2.05, 4.69) is 27.9 Å². The molecule has 2 aromatic rings. The Labute approximate surface area is 141 Å². The van der Waals surface area contributed by atoms with E-state index < -0.39 is 0 Å². The van der Waals surface area contributed by atoms with Crippen LogP contribution in [0.1, 0.15) is 35.9 Å². The first-order valence-corrected chi connectivity index (χ1v) is 8.18. The van der Waals surface area contributed by atoms with Crippen LogP contribution in [0, 0.1) is 0 Å². The van der Waals surface area contributed by atoms with Gasteiger partial charge in [-0.15, -0.1) is 5.10 Å². The normalized spacial score (nSPS) is 10.7. The molecule has 0 atom stereocenters. The summed E-state index contributed by atoms with van der Waals surface area (Å²) in [6, 6.07) is 7.36. The molecule has 0 bridgehead atoms. The minimum Gasteiger partial charge on any atom is -0.351 e. The van der Waals surface area contributed by atoms with Gasteiger partial charge in [0.05, 0.1) is 11.4 Å². The number of carbonyl (C=O) groups excluding carboxylic acids is 1. The second-order valence-corrected chi connectivity index (χ2v) is 5.68. The third kappa shape index (κ3) is 4.53. The van der Waals surface area contributed by atoms with Crippen molar-refractivity contribution in [3.05, 3.63) is 40.7 Å². The molecule has 0 aliphatic rings. The Kier molecular flexibility index (Phi) is 6.55. The first-order valence-electron chi connectivity index (χ1n) is 7.80. The highest BCUT2D eigenvalue weighted by atomic mass is 35.5. The molecule has 0 aliphatic carbocycles. The molecule has 2 N–H and O–H groups in total. The fourth-order valence-electron chi connectivity index (χ4n) is 2.31. The van der Waals surface area contributed by atoms with Gasteiger partial charge in [-0.3, -0.25) is 4.79 Å². The zero-order valence-corrected chi connectivity index (χ0v) is 14.2. The van der Waals surface area contributed by atoms with Gasteiger partial charge in [0.15, 0.2) is 5.69 Å². The predicted octanol–water partition coefficient (Wildman–Crippen LogP) is 2.21.